The molecule has 0 saturated heterocycles. The summed E-state index contributed by atoms with van der Waals surface area (Å²) in [5.41, 5.74) is 2.97. The Labute approximate surface area is 240 Å². The lowest BCUT2D eigenvalue weighted by molar-refractivity contribution is 0.0539. The summed E-state index contributed by atoms with van der Waals surface area (Å²) in [5, 5.41) is 3.38. The van der Waals surface area contributed by atoms with Crippen molar-refractivity contribution in [3.8, 4) is 11.8 Å². The van der Waals surface area contributed by atoms with Crippen molar-refractivity contribution in [1.82, 2.24) is 14.0 Å². The number of carbonyl (C=O) groups excluding carboxylic acids is 2. The Hall–Kier alpha value is -4.28. The fourth-order valence-electron chi connectivity index (χ4n) is 5.34. The molecule has 3 aromatic carbocycles. The normalized spacial score (nSPS) is 12.3. The summed E-state index contributed by atoms with van der Waals surface area (Å²) in [5.74, 6) is 6.71. The van der Waals surface area contributed by atoms with Crippen LogP contribution in [0.15, 0.2) is 48.5 Å². The van der Waals surface area contributed by atoms with E-state index in [0.717, 1.165) is 38.1 Å². The van der Waals surface area contributed by atoms with E-state index in [0.29, 0.717) is 23.1 Å². The third kappa shape index (κ3) is 5.05. The molecule has 5 aromatic rings. The summed E-state index contributed by atoms with van der Waals surface area (Å²) in [4.78, 5) is 29.7. The molecule has 0 aliphatic rings. The van der Waals surface area contributed by atoms with Crippen LogP contribution in [0.1, 0.15) is 52.7 Å². The number of hydrogen-bond acceptors (Lipinski definition) is 5. The third-order valence-electron chi connectivity index (χ3n) is 6.73. The molecule has 0 spiro atoms. The molecule has 0 bridgehead atoms. The Morgan fingerprint density at radius 3 is 1.71 bits per heavy atom. The van der Waals surface area contributed by atoms with Crippen molar-refractivity contribution < 1.29 is 19.1 Å². The second-order valence-electron chi connectivity index (χ2n) is 12.7. The SMILES string of the molecule is Cc1c2c3ccccc3n(C(=O)OC(C)(C)C)c2c(C#CCN(C)C)c2c3ccccc3n(C(=O)OC(C)(C)C)c12. The van der Waals surface area contributed by atoms with Gasteiger partial charge in [-0.3, -0.25) is 4.90 Å². The van der Waals surface area contributed by atoms with Crippen LogP contribution in [0.25, 0.3) is 43.6 Å². The van der Waals surface area contributed by atoms with Crippen LogP contribution in [0, 0.1) is 18.8 Å². The van der Waals surface area contributed by atoms with Crippen LogP contribution in [0.4, 0.5) is 9.59 Å². The first kappa shape index (κ1) is 28.3. The number of rotatable bonds is 1. The van der Waals surface area contributed by atoms with E-state index in [4.69, 9.17) is 9.47 Å². The fourth-order valence-corrected chi connectivity index (χ4v) is 5.34. The smallest absolute Gasteiger partial charge is 0.419 e. The standard InChI is InChI=1S/C34H37N3O4/c1-21-27-22-15-10-12-18-25(22)37(32(39)41-34(5,6)7)30(27)24(17-14-20-35(8)9)28-23-16-11-13-19-26(23)36(29(21)28)31(38)40-33(2,3)4/h10-13,15-16,18-19H,20H2,1-9H3. The first-order chi connectivity index (χ1) is 19.2. The number of ether oxygens (including phenoxy) is 2. The summed E-state index contributed by atoms with van der Waals surface area (Å²) in [6.07, 6.45) is -0.941. The molecule has 5 rings (SSSR count). The van der Waals surface area contributed by atoms with Crippen molar-refractivity contribution in [2.24, 2.45) is 0 Å². The highest BCUT2D eigenvalue weighted by Crippen LogP contribution is 2.43. The number of nitrogens with zero attached hydrogens (tertiary/aromatic N) is 3. The van der Waals surface area contributed by atoms with Crippen LogP contribution in [0.5, 0.6) is 0 Å². The Morgan fingerprint density at radius 1 is 0.756 bits per heavy atom. The fraction of sp³-hybridized carbons (Fsp3) is 0.353. The van der Waals surface area contributed by atoms with Gasteiger partial charge < -0.3 is 9.47 Å². The van der Waals surface area contributed by atoms with Crippen LogP contribution in [-0.4, -0.2) is 58.1 Å². The van der Waals surface area contributed by atoms with E-state index in [1.54, 1.807) is 9.13 Å². The maximum absolute atomic E-state index is 13.9. The van der Waals surface area contributed by atoms with Gasteiger partial charge in [0.2, 0.25) is 0 Å². The molecule has 7 nitrogen and oxygen atoms in total. The van der Waals surface area contributed by atoms with E-state index in [1.807, 2.05) is 116 Å². The lowest BCUT2D eigenvalue weighted by Crippen LogP contribution is -2.27. The minimum atomic E-state index is -0.697. The number of carbonyl (C=O) groups is 2. The third-order valence-corrected chi connectivity index (χ3v) is 6.73. The molecule has 0 N–H and O–H groups in total. The monoisotopic (exact) mass is 551 g/mol. The highest BCUT2D eigenvalue weighted by Gasteiger charge is 2.30. The van der Waals surface area contributed by atoms with Crippen LogP contribution >= 0.6 is 0 Å². The van der Waals surface area contributed by atoms with Gasteiger partial charge in [-0.1, -0.05) is 48.2 Å². The summed E-state index contributed by atoms with van der Waals surface area (Å²) < 4.78 is 15.1. The number of fused-ring (bicyclic) bond motifs is 6. The summed E-state index contributed by atoms with van der Waals surface area (Å²) in [6.45, 7) is 13.7. The molecule has 212 valence electrons. The van der Waals surface area contributed by atoms with Gasteiger partial charge in [-0.05, 0) is 80.3 Å². The first-order valence-electron chi connectivity index (χ1n) is 13.8. The molecule has 7 heteroatoms. The summed E-state index contributed by atoms with van der Waals surface area (Å²) in [6, 6.07) is 15.5. The highest BCUT2D eigenvalue weighted by molar-refractivity contribution is 6.26. The van der Waals surface area contributed by atoms with Gasteiger partial charge in [0.25, 0.3) is 0 Å². The summed E-state index contributed by atoms with van der Waals surface area (Å²) >= 11 is 0. The van der Waals surface area contributed by atoms with E-state index in [-0.39, 0.29) is 0 Å². The largest absolute Gasteiger partial charge is 0.443 e. The average Bonchev–Trinajstić information content (AvgIpc) is 3.38. The Morgan fingerprint density at radius 2 is 1.22 bits per heavy atom. The molecule has 2 aromatic heterocycles. The van der Waals surface area contributed by atoms with Gasteiger partial charge in [-0.15, -0.1) is 0 Å². The Balaban J connectivity index is 2.05. The molecule has 0 aliphatic carbocycles. The zero-order valence-electron chi connectivity index (χ0n) is 25.3. The molecular weight excluding hydrogens is 514 g/mol. The molecule has 0 unspecified atom stereocenters. The van der Waals surface area contributed by atoms with Crippen LogP contribution in [-0.2, 0) is 9.47 Å². The zero-order chi connectivity index (χ0) is 29.9. The number of benzene rings is 3. The van der Waals surface area contributed by atoms with Crippen molar-refractivity contribution in [3.05, 3.63) is 59.7 Å². The van der Waals surface area contributed by atoms with Crippen molar-refractivity contribution >= 4 is 55.8 Å². The Kier molecular flexibility index (Phi) is 6.87. The number of aromatic nitrogens is 2. The van der Waals surface area contributed by atoms with Crippen molar-refractivity contribution in [1.29, 1.82) is 0 Å². The predicted octanol–water partition coefficient (Wildman–Crippen LogP) is 7.69. The van der Waals surface area contributed by atoms with Gasteiger partial charge in [-0.25, -0.2) is 18.7 Å². The number of para-hydroxylation sites is 2. The van der Waals surface area contributed by atoms with Crippen molar-refractivity contribution in [3.63, 3.8) is 0 Å². The predicted molar refractivity (Wildman–Crippen MR) is 166 cm³/mol. The van der Waals surface area contributed by atoms with E-state index in [2.05, 4.69) is 11.8 Å². The molecular formula is C34H37N3O4. The molecule has 0 fully saturated rings. The average molecular weight is 552 g/mol. The Bertz CT molecular complexity index is 1910. The van der Waals surface area contributed by atoms with E-state index in [9.17, 15) is 9.59 Å². The molecule has 0 saturated carbocycles. The molecule has 2 heterocycles. The topological polar surface area (TPSA) is 65.7 Å². The maximum atomic E-state index is 13.9. The molecule has 0 amide bonds. The van der Waals surface area contributed by atoms with Gasteiger partial charge in [-0.2, -0.15) is 0 Å². The van der Waals surface area contributed by atoms with Crippen LogP contribution < -0.4 is 0 Å². The summed E-state index contributed by atoms with van der Waals surface area (Å²) in [7, 11) is 3.92. The van der Waals surface area contributed by atoms with E-state index < -0.39 is 23.4 Å². The van der Waals surface area contributed by atoms with Gasteiger partial charge >= 0.3 is 12.2 Å². The van der Waals surface area contributed by atoms with Crippen molar-refractivity contribution in [2.75, 3.05) is 20.6 Å². The highest BCUT2D eigenvalue weighted by atomic mass is 16.6. The van der Waals surface area contributed by atoms with Gasteiger partial charge in [0, 0.05) is 21.5 Å². The lowest BCUT2D eigenvalue weighted by Gasteiger charge is -2.21. The van der Waals surface area contributed by atoms with Crippen molar-refractivity contribution in [2.45, 2.75) is 59.7 Å². The zero-order valence-corrected chi connectivity index (χ0v) is 25.3. The number of hydrogen-bond donors (Lipinski definition) is 0. The molecule has 0 radical (unpaired) electrons. The molecule has 41 heavy (non-hydrogen) atoms. The first-order valence-corrected chi connectivity index (χ1v) is 13.8. The van der Waals surface area contributed by atoms with Gasteiger partial charge in [0.05, 0.1) is 34.2 Å². The minimum Gasteiger partial charge on any atom is -0.443 e. The van der Waals surface area contributed by atoms with Crippen LogP contribution in [0.2, 0.25) is 0 Å². The van der Waals surface area contributed by atoms with E-state index in [1.165, 1.54) is 0 Å². The quantitative estimate of drug-likeness (QED) is 0.200. The second kappa shape index (κ2) is 9.97. The lowest BCUT2D eigenvalue weighted by atomic mass is 9.97. The van der Waals surface area contributed by atoms with Gasteiger partial charge in [0.15, 0.2) is 0 Å². The molecule has 0 atom stereocenters. The molecule has 0 aliphatic heterocycles. The number of aryl methyl sites for hydroxylation is 1. The maximum Gasteiger partial charge on any atom is 0.419 e. The van der Waals surface area contributed by atoms with Gasteiger partial charge in [0.1, 0.15) is 11.2 Å². The second-order valence-corrected chi connectivity index (χ2v) is 12.7. The minimum absolute atomic E-state index is 0.464. The van der Waals surface area contributed by atoms with Crippen LogP contribution in [0.3, 0.4) is 0 Å². The van der Waals surface area contributed by atoms with E-state index >= 15 is 0 Å².